The number of pyridine rings is 1. The van der Waals surface area contributed by atoms with Gasteiger partial charge in [-0.05, 0) is 43.0 Å². The van der Waals surface area contributed by atoms with E-state index in [0.717, 1.165) is 53.3 Å². The lowest BCUT2D eigenvalue weighted by atomic mass is 9.92. The smallest absolute Gasteiger partial charge is 0.338 e. The monoisotopic (exact) mass is 370 g/mol. The van der Waals surface area contributed by atoms with E-state index in [2.05, 4.69) is 61.6 Å². The van der Waals surface area contributed by atoms with Crippen LogP contribution in [0.3, 0.4) is 0 Å². The Hall–Kier alpha value is -2.43. The molecule has 0 saturated heterocycles. The van der Waals surface area contributed by atoms with Crippen LogP contribution in [0, 0.1) is 25.2 Å². The van der Waals surface area contributed by atoms with Crippen LogP contribution >= 0.6 is 0 Å². The highest BCUT2D eigenvalue weighted by atomic mass is 19.1. The Morgan fingerprint density at radius 2 is 1.89 bits per heavy atom. The molecular formula is C22H29FN3O+. The van der Waals surface area contributed by atoms with Gasteiger partial charge in [0.1, 0.15) is 0 Å². The van der Waals surface area contributed by atoms with E-state index in [0.29, 0.717) is 12.3 Å². The third-order valence-electron chi connectivity index (χ3n) is 4.86. The van der Waals surface area contributed by atoms with Crippen LogP contribution in [-0.2, 0) is 13.0 Å². The molecule has 3 rings (SSSR count). The Kier molecular flexibility index (Phi) is 5.22. The Morgan fingerprint density at radius 1 is 1.22 bits per heavy atom. The molecule has 2 aromatic rings. The molecule has 1 aromatic heterocycles. The molecule has 1 aliphatic rings. The molecule has 2 N–H and O–H groups in total. The number of aliphatic hydroxyl groups is 1. The van der Waals surface area contributed by atoms with Gasteiger partial charge in [-0.15, -0.1) is 0 Å². The van der Waals surface area contributed by atoms with Gasteiger partial charge >= 0.3 is 5.90 Å². The molecule has 4 nitrogen and oxygen atoms in total. The number of nitrogens with zero attached hydrogens (tertiary/aromatic N) is 2. The molecule has 5 heteroatoms. The highest BCUT2D eigenvalue weighted by Crippen LogP contribution is 2.28. The maximum atomic E-state index is 13.3. The van der Waals surface area contributed by atoms with Crippen molar-refractivity contribution in [1.82, 2.24) is 4.98 Å². The van der Waals surface area contributed by atoms with Crippen molar-refractivity contribution in [1.29, 1.82) is 0 Å². The molecule has 0 amide bonds. The zero-order valence-corrected chi connectivity index (χ0v) is 16.9. The van der Waals surface area contributed by atoms with Crippen LogP contribution in [0.5, 0.6) is 0 Å². The minimum Gasteiger partial charge on any atom is -0.463 e. The van der Waals surface area contributed by atoms with Gasteiger partial charge in [0.05, 0.1) is 12.1 Å². The van der Waals surface area contributed by atoms with Gasteiger partial charge in [-0.25, -0.2) is 4.98 Å². The summed E-state index contributed by atoms with van der Waals surface area (Å²) < 4.78 is 13.3. The largest absolute Gasteiger partial charge is 0.463 e. The standard InChI is InChI=1S/C22H28FN3O/c1-14-10-17(11-15(2)21(14)25-20(27)12-22(3,4)5)26-9-8-18-16(13-26)6-7-19(23)24-18/h6-7,10-11H,8-9,12-13H2,1-5H3,(H,25,27)/p+1. The van der Waals surface area contributed by atoms with Gasteiger partial charge < -0.3 is 10.0 Å². The second-order valence-corrected chi connectivity index (χ2v) is 8.68. The van der Waals surface area contributed by atoms with E-state index in [1.54, 1.807) is 0 Å². The number of aliphatic hydroxyl groups excluding tert-OH is 1. The molecule has 0 spiro atoms. The third-order valence-corrected chi connectivity index (χ3v) is 4.86. The summed E-state index contributed by atoms with van der Waals surface area (Å²) in [6.07, 6.45) is 1.34. The van der Waals surface area contributed by atoms with Crippen molar-refractivity contribution in [3.05, 3.63) is 52.6 Å². The number of rotatable bonds is 3. The molecule has 0 saturated carbocycles. The summed E-state index contributed by atoms with van der Waals surface area (Å²) in [5.41, 5.74) is 6.24. The second kappa shape index (κ2) is 7.29. The predicted octanol–water partition coefficient (Wildman–Crippen LogP) is 3.51. The Bertz CT molecular complexity index is 861. The lowest BCUT2D eigenvalue weighted by Crippen LogP contribution is -2.67. The SMILES string of the molecule is Cc1cc(N2CCc3nc(F)ccc3C2)cc(C)c1[NH+]=C(O)CC(C)(C)C. The highest BCUT2D eigenvalue weighted by molar-refractivity contribution is 5.70. The minimum absolute atomic E-state index is 0.0214. The van der Waals surface area contributed by atoms with Crippen LogP contribution in [0.1, 0.15) is 49.6 Å². The van der Waals surface area contributed by atoms with Gasteiger partial charge in [-0.1, -0.05) is 26.8 Å². The summed E-state index contributed by atoms with van der Waals surface area (Å²) in [6, 6.07) is 7.54. The van der Waals surface area contributed by atoms with Gasteiger partial charge in [0.15, 0.2) is 0 Å². The number of benzene rings is 1. The molecule has 0 aliphatic carbocycles. The van der Waals surface area contributed by atoms with E-state index in [-0.39, 0.29) is 5.41 Å². The molecular weight excluding hydrogens is 341 g/mol. The number of nitrogens with one attached hydrogen (secondary N) is 1. The van der Waals surface area contributed by atoms with Gasteiger partial charge in [0.25, 0.3) is 0 Å². The number of fused-ring (bicyclic) bond motifs is 1. The maximum absolute atomic E-state index is 13.3. The number of halogens is 1. The van der Waals surface area contributed by atoms with E-state index in [4.69, 9.17) is 0 Å². The molecule has 1 aromatic carbocycles. The van der Waals surface area contributed by atoms with Gasteiger partial charge in [-0.2, -0.15) is 9.38 Å². The number of aromatic nitrogens is 1. The fourth-order valence-corrected chi connectivity index (χ4v) is 3.62. The molecule has 2 heterocycles. The molecule has 144 valence electrons. The minimum atomic E-state index is -0.407. The third kappa shape index (κ3) is 4.65. The number of anilines is 1. The van der Waals surface area contributed by atoms with Gasteiger partial charge in [-0.3, -0.25) is 0 Å². The van der Waals surface area contributed by atoms with Crippen LogP contribution in [0.2, 0.25) is 0 Å². The highest BCUT2D eigenvalue weighted by Gasteiger charge is 2.22. The molecule has 27 heavy (non-hydrogen) atoms. The molecule has 0 unspecified atom stereocenters. The lowest BCUT2D eigenvalue weighted by Gasteiger charge is -2.30. The second-order valence-electron chi connectivity index (χ2n) is 8.68. The first kappa shape index (κ1) is 19.3. The van der Waals surface area contributed by atoms with Crippen LogP contribution in [-0.4, -0.2) is 22.5 Å². The van der Waals surface area contributed by atoms with Crippen molar-refractivity contribution in [2.45, 2.75) is 54.0 Å². The quantitative estimate of drug-likeness (QED) is 0.494. The Labute approximate surface area is 160 Å². The fraction of sp³-hybridized carbons (Fsp3) is 0.455. The molecule has 0 radical (unpaired) electrons. The molecule has 1 aliphatic heterocycles. The van der Waals surface area contributed by atoms with Gasteiger partial charge in [0, 0.05) is 36.3 Å². The summed E-state index contributed by atoms with van der Waals surface area (Å²) in [6.45, 7) is 12.0. The zero-order valence-electron chi connectivity index (χ0n) is 16.9. The summed E-state index contributed by atoms with van der Waals surface area (Å²) >= 11 is 0. The zero-order chi connectivity index (χ0) is 19.8. The van der Waals surface area contributed by atoms with Crippen LogP contribution in [0.25, 0.3) is 0 Å². The van der Waals surface area contributed by atoms with Gasteiger partial charge in [0.2, 0.25) is 11.6 Å². The average Bonchev–Trinajstić information content (AvgIpc) is 2.56. The van der Waals surface area contributed by atoms with Crippen molar-refractivity contribution in [2.75, 3.05) is 11.4 Å². The van der Waals surface area contributed by atoms with Crippen molar-refractivity contribution < 1.29 is 14.5 Å². The van der Waals surface area contributed by atoms with Crippen LogP contribution < -0.4 is 9.89 Å². The lowest BCUT2D eigenvalue weighted by molar-refractivity contribution is -0.369. The fourth-order valence-electron chi connectivity index (χ4n) is 3.62. The summed E-state index contributed by atoms with van der Waals surface area (Å²) in [7, 11) is 0. The Balaban J connectivity index is 1.85. The van der Waals surface area contributed by atoms with Crippen molar-refractivity contribution >= 4 is 17.3 Å². The van der Waals surface area contributed by atoms with E-state index in [1.807, 2.05) is 6.07 Å². The van der Waals surface area contributed by atoms with Crippen molar-refractivity contribution in [2.24, 2.45) is 5.41 Å². The number of hydrogen-bond donors (Lipinski definition) is 2. The predicted molar refractivity (Wildman–Crippen MR) is 107 cm³/mol. The van der Waals surface area contributed by atoms with Crippen molar-refractivity contribution in [3.63, 3.8) is 0 Å². The number of hydrogen-bond acceptors (Lipinski definition) is 2. The summed E-state index contributed by atoms with van der Waals surface area (Å²) in [4.78, 5) is 9.50. The van der Waals surface area contributed by atoms with E-state index in [9.17, 15) is 9.50 Å². The first-order valence-corrected chi connectivity index (χ1v) is 9.45. The Morgan fingerprint density at radius 3 is 2.52 bits per heavy atom. The van der Waals surface area contributed by atoms with Crippen LogP contribution in [0.4, 0.5) is 15.8 Å². The van der Waals surface area contributed by atoms with Crippen LogP contribution in [0.15, 0.2) is 24.3 Å². The van der Waals surface area contributed by atoms with Crippen molar-refractivity contribution in [3.8, 4) is 0 Å². The average molecular weight is 370 g/mol. The van der Waals surface area contributed by atoms with E-state index in [1.165, 1.54) is 6.07 Å². The summed E-state index contributed by atoms with van der Waals surface area (Å²) in [5.74, 6) is -0.114. The molecule has 0 atom stereocenters. The first-order valence-electron chi connectivity index (χ1n) is 9.45. The first-order chi connectivity index (χ1) is 12.6. The van der Waals surface area contributed by atoms with E-state index < -0.39 is 5.95 Å². The number of aryl methyl sites for hydroxylation is 2. The maximum Gasteiger partial charge on any atom is 0.338 e. The topological polar surface area (TPSA) is 50.3 Å². The van der Waals surface area contributed by atoms with E-state index >= 15 is 0 Å². The summed E-state index contributed by atoms with van der Waals surface area (Å²) in [5, 5.41) is 10.3. The molecule has 0 bridgehead atoms. The normalized spacial score (nSPS) is 15.0. The molecule has 0 fully saturated rings.